The molecule has 0 amide bonds. The van der Waals surface area contributed by atoms with Gasteiger partial charge in [0.15, 0.2) is 23.7 Å². The smallest absolute Gasteiger partial charge is 0.349 e. The van der Waals surface area contributed by atoms with Crippen molar-refractivity contribution in [2.75, 3.05) is 11.4 Å². The largest absolute Gasteiger partial charge is 0.451 e. The van der Waals surface area contributed by atoms with Crippen molar-refractivity contribution in [2.45, 2.75) is 37.5 Å². The van der Waals surface area contributed by atoms with Gasteiger partial charge >= 0.3 is 5.69 Å². The fourth-order valence-corrected chi connectivity index (χ4v) is 5.01. The second-order valence-electron chi connectivity index (χ2n) is 8.44. The van der Waals surface area contributed by atoms with Gasteiger partial charge in [-0.3, -0.25) is 4.57 Å². The van der Waals surface area contributed by atoms with Crippen LogP contribution in [0.25, 0.3) is 0 Å². The summed E-state index contributed by atoms with van der Waals surface area (Å²) in [4.78, 5) is 18.1. The first-order valence-corrected chi connectivity index (χ1v) is 10.4. The summed E-state index contributed by atoms with van der Waals surface area (Å²) >= 11 is 0. The molecule has 170 valence electrons. The maximum absolute atomic E-state index is 14.6. The zero-order valence-corrected chi connectivity index (χ0v) is 17.2. The SMILES string of the molecule is O=c1nccc2n1CC13CC(CN21)OC3OCc1cc(F)c(Oc2cccc(F)c2)c(F)c1. The minimum atomic E-state index is -0.933. The van der Waals surface area contributed by atoms with Gasteiger partial charge in [-0.25, -0.2) is 22.9 Å². The van der Waals surface area contributed by atoms with E-state index in [-0.39, 0.29) is 29.7 Å². The Kier molecular flexibility index (Phi) is 4.49. The third kappa shape index (κ3) is 3.20. The molecular formula is C23H18F3N3O4. The van der Waals surface area contributed by atoms with Crippen molar-refractivity contribution in [1.29, 1.82) is 0 Å². The fourth-order valence-electron chi connectivity index (χ4n) is 5.01. The predicted octanol–water partition coefficient (Wildman–Crippen LogP) is 3.36. The maximum Gasteiger partial charge on any atom is 0.349 e. The fraction of sp³-hybridized carbons (Fsp3) is 0.304. The molecule has 2 fully saturated rings. The molecule has 2 aromatic carbocycles. The minimum Gasteiger partial charge on any atom is -0.451 e. The van der Waals surface area contributed by atoms with Crippen LogP contribution in [0.1, 0.15) is 12.0 Å². The van der Waals surface area contributed by atoms with Crippen LogP contribution in [0.5, 0.6) is 11.5 Å². The number of ether oxygens (including phenoxy) is 3. The summed E-state index contributed by atoms with van der Waals surface area (Å²) in [6.45, 7) is 0.905. The first kappa shape index (κ1) is 20.3. The molecule has 0 saturated carbocycles. The first-order chi connectivity index (χ1) is 15.9. The number of benzene rings is 2. The van der Waals surface area contributed by atoms with Gasteiger partial charge in [-0.05, 0) is 35.9 Å². The van der Waals surface area contributed by atoms with Crippen LogP contribution in [0.2, 0.25) is 0 Å². The van der Waals surface area contributed by atoms with E-state index in [4.69, 9.17) is 14.2 Å². The highest BCUT2D eigenvalue weighted by molar-refractivity contribution is 5.51. The number of nitrogens with zero attached hydrogens (tertiary/aromatic N) is 3. The lowest BCUT2D eigenvalue weighted by molar-refractivity contribution is -0.174. The van der Waals surface area contributed by atoms with Crippen LogP contribution in [0.3, 0.4) is 0 Å². The topological polar surface area (TPSA) is 65.8 Å². The van der Waals surface area contributed by atoms with Crippen molar-refractivity contribution in [3.05, 3.63) is 82.2 Å². The zero-order chi connectivity index (χ0) is 22.7. The number of fused-ring (bicyclic) bond motifs is 3. The van der Waals surface area contributed by atoms with E-state index >= 15 is 0 Å². The Labute approximate surface area is 185 Å². The second-order valence-corrected chi connectivity index (χ2v) is 8.44. The molecule has 10 heteroatoms. The average Bonchev–Trinajstić information content (AvgIpc) is 3.41. The third-order valence-corrected chi connectivity index (χ3v) is 6.36. The molecule has 2 saturated heterocycles. The first-order valence-electron chi connectivity index (χ1n) is 10.4. The number of morpholine rings is 1. The van der Waals surface area contributed by atoms with Crippen LogP contribution >= 0.6 is 0 Å². The van der Waals surface area contributed by atoms with Gasteiger partial charge in [0.25, 0.3) is 0 Å². The van der Waals surface area contributed by atoms with Crippen LogP contribution in [0.15, 0.2) is 53.5 Å². The summed E-state index contributed by atoms with van der Waals surface area (Å²) < 4.78 is 61.2. The van der Waals surface area contributed by atoms with Crippen molar-refractivity contribution in [3.8, 4) is 11.5 Å². The molecule has 1 aromatic heterocycles. The number of halogens is 3. The number of hydrogen-bond acceptors (Lipinski definition) is 6. The lowest BCUT2D eigenvalue weighted by Crippen LogP contribution is -2.54. The molecule has 3 aliphatic rings. The number of anilines is 1. The molecule has 3 unspecified atom stereocenters. The second kappa shape index (κ2) is 7.32. The van der Waals surface area contributed by atoms with Gasteiger partial charge in [-0.2, -0.15) is 0 Å². The molecule has 6 rings (SSSR count). The van der Waals surface area contributed by atoms with E-state index in [1.807, 2.05) is 0 Å². The van der Waals surface area contributed by atoms with Gasteiger partial charge in [-0.15, -0.1) is 0 Å². The molecule has 3 aliphatic heterocycles. The van der Waals surface area contributed by atoms with Crippen LogP contribution in [0, 0.1) is 17.5 Å². The van der Waals surface area contributed by atoms with Crippen molar-refractivity contribution in [2.24, 2.45) is 0 Å². The monoisotopic (exact) mass is 457 g/mol. The highest BCUT2D eigenvalue weighted by Crippen LogP contribution is 2.50. The summed E-state index contributed by atoms with van der Waals surface area (Å²) in [5, 5.41) is 0. The molecule has 3 atom stereocenters. The van der Waals surface area contributed by atoms with Gasteiger partial charge in [0, 0.05) is 25.2 Å². The van der Waals surface area contributed by atoms with Crippen molar-refractivity contribution in [1.82, 2.24) is 9.55 Å². The third-order valence-electron chi connectivity index (χ3n) is 6.36. The van der Waals surface area contributed by atoms with Gasteiger partial charge in [0.05, 0.1) is 19.3 Å². The van der Waals surface area contributed by atoms with E-state index < -0.39 is 35.0 Å². The quantitative estimate of drug-likeness (QED) is 0.586. The molecule has 1 spiro atoms. The molecule has 7 nitrogen and oxygen atoms in total. The Morgan fingerprint density at radius 2 is 1.97 bits per heavy atom. The van der Waals surface area contributed by atoms with Crippen molar-refractivity contribution in [3.63, 3.8) is 0 Å². The van der Waals surface area contributed by atoms with Gasteiger partial charge in [-0.1, -0.05) is 6.07 Å². The Bertz CT molecular complexity index is 1290. The number of rotatable bonds is 5. The van der Waals surface area contributed by atoms with E-state index in [9.17, 15) is 18.0 Å². The molecule has 0 aliphatic carbocycles. The average molecular weight is 457 g/mol. The Morgan fingerprint density at radius 3 is 2.76 bits per heavy atom. The van der Waals surface area contributed by atoms with E-state index in [1.165, 1.54) is 24.4 Å². The van der Waals surface area contributed by atoms with Crippen LogP contribution in [-0.2, 0) is 22.6 Å². The van der Waals surface area contributed by atoms with Gasteiger partial charge < -0.3 is 19.1 Å². The van der Waals surface area contributed by atoms with E-state index in [1.54, 1.807) is 10.6 Å². The lowest BCUT2D eigenvalue weighted by atomic mass is 9.98. The molecular weight excluding hydrogens is 439 g/mol. The van der Waals surface area contributed by atoms with E-state index in [0.29, 0.717) is 19.5 Å². The standard InChI is InChI=1S/C23H18F3N3O4/c24-14-2-1-3-15(8-14)32-20-17(25)6-13(7-18(20)26)11-31-21-23-9-16(33-21)10-29(23)19-4-5-27-22(30)28(19)12-23/h1-8,16,21H,9-12H2. The maximum atomic E-state index is 14.6. The number of aromatic nitrogens is 2. The van der Waals surface area contributed by atoms with Gasteiger partial charge in [0.2, 0.25) is 0 Å². The molecule has 0 N–H and O–H groups in total. The lowest BCUT2D eigenvalue weighted by Gasteiger charge is -2.38. The highest BCUT2D eigenvalue weighted by atomic mass is 19.1. The predicted molar refractivity (Wildman–Crippen MR) is 109 cm³/mol. The van der Waals surface area contributed by atoms with Crippen molar-refractivity contribution < 1.29 is 27.4 Å². The highest BCUT2D eigenvalue weighted by Gasteiger charge is 2.63. The number of hydrogen-bond donors (Lipinski definition) is 0. The summed E-state index contributed by atoms with van der Waals surface area (Å²) in [6, 6.07) is 9.03. The van der Waals surface area contributed by atoms with Crippen molar-refractivity contribution >= 4 is 5.82 Å². The van der Waals surface area contributed by atoms with E-state index in [2.05, 4.69) is 9.88 Å². The summed E-state index contributed by atoms with van der Waals surface area (Å²) in [5.74, 6) is -2.31. The Morgan fingerprint density at radius 1 is 1.15 bits per heavy atom. The molecule has 3 aromatic rings. The summed E-state index contributed by atoms with van der Waals surface area (Å²) in [6.07, 6.45) is 1.43. The zero-order valence-electron chi connectivity index (χ0n) is 17.2. The van der Waals surface area contributed by atoms with Crippen LogP contribution in [-0.4, -0.2) is 34.0 Å². The van der Waals surface area contributed by atoms with Crippen LogP contribution < -0.4 is 15.3 Å². The molecule has 4 heterocycles. The van der Waals surface area contributed by atoms with Gasteiger partial charge in [0.1, 0.15) is 22.9 Å². The summed E-state index contributed by atoms with van der Waals surface area (Å²) in [5.41, 5.74) is -0.644. The molecule has 0 radical (unpaired) electrons. The Hall–Kier alpha value is -3.37. The summed E-state index contributed by atoms with van der Waals surface area (Å²) in [7, 11) is 0. The minimum absolute atomic E-state index is 0.0168. The molecule has 2 bridgehead atoms. The molecule has 33 heavy (non-hydrogen) atoms. The van der Waals surface area contributed by atoms with E-state index in [0.717, 1.165) is 24.0 Å². The normalized spacial score (nSPS) is 24.8. The Balaban J connectivity index is 1.20. The van der Waals surface area contributed by atoms with Crippen LogP contribution in [0.4, 0.5) is 19.0 Å².